The van der Waals surface area contributed by atoms with Gasteiger partial charge in [0.25, 0.3) is 0 Å². The van der Waals surface area contributed by atoms with Crippen LogP contribution in [-0.2, 0) is 0 Å². The Balaban J connectivity index is 2.76. The van der Waals surface area contributed by atoms with Crippen LogP contribution in [-0.4, -0.2) is 56.2 Å². The first kappa shape index (κ1) is 10.8. The van der Waals surface area contributed by atoms with Gasteiger partial charge in [-0.25, -0.2) is 0 Å². The summed E-state index contributed by atoms with van der Waals surface area (Å²) in [6.45, 7) is 0. The van der Waals surface area contributed by atoms with E-state index in [0.29, 0.717) is 0 Å². The van der Waals surface area contributed by atoms with E-state index in [2.05, 4.69) is 18.5 Å². The van der Waals surface area contributed by atoms with Crippen molar-refractivity contribution in [2.45, 2.75) is 35.7 Å². The lowest BCUT2D eigenvalue weighted by Gasteiger charge is -2.41. The maximum Gasteiger partial charge on any atom is 0.0894 e. The Bertz CT molecular complexity index is 109. The quantitative estimate of drug-likeness (QED) is 0.348. The van der Waals surface area contributed by atoms with Crippen LogP contribution < -0.4 is 0 Å². The Morgan fingerprint density at radius 2 is 0.750 bits per heavy atom. The fourth-order valence-electron chi connectivity index (χ4n) is 1.31. The molecule has 72 valence electrons. The number of hydrogen-bond acceptors (Lipinski definition) is 4. The lowest BCUT2D eigenvalue weighted by molar-refractivity contribution is -0.0972. The monoisotopic (exact) mass is 212 g/mol. The number of hydrogen-bond donors (Lipinski definition) is 4. The second-order valence-corrected chi connectivity index (χ2v) is 4.66. The van der Waals surface area contributed by atoms with Gasteiger partial charge >= 0.3 is 0 Å². The molecular weight excluding hydrogens is 198 g/mol. The van der Waals surface area contributed by atoms with E-state index in [1.165, 1.54) is 0 Å². The van der Waals surface area contributed by atoms with Crippen molar-refractivity contribution in [1.82, 2.24) is 0 Å². The third-order valence-corrected chi connectivity index (χ3v) is 3.85. The Hall–Kier alpha value is 0.700. The normalized spacial score (nSPS) is 55.5. The van der Waals surface area contributed by atoms with Crippen molar-refractivity contribution in [2.75, 3.05) is 0 Å². The van der Waals surface area contributed by atoms with E-state index in [-0.39, 0.29) is 0 Å². The molecule has 1 fully saturated rings. The second-order valence-electron chi connectivity index (χ2n) is 3.12. The molecule has 1 aliphatic carbocycles. The molecule has 6 atom stereocenters. The molecule has 0 aliphatic heterocycles. The SMILES string of the molecule is OC1C(O)C(P)C(O)C(O)C1P. The van der Waals surface area contributed by atoms with Crippen LogP contribution in [0.3, 0.4) is 0 Å². The van der Waals surface area contributed by atoms with Gasteiger partial charge in [-0.05, 0) is 0 Å². The average molecular weight is 212 g/mol. The first-order valence-corrected chi connectivity index (χ1v) is 5.03. The standard InChI is InChI=1S/C6H14O4P2/c7-1-2(8)6(12)4(10)3(9)5(1)11/h1-10H,11-12H2. The molecule has 0 aromatic heterocycles. The summed E-state index contributed by atoms with van der Waals surface area (Å²) in [4.78, 5) is 0. The Labute approximate surface area is 75.4 Å². The van der Waals surface area contributed by atoms with Crippen LogP contribution in [0.1, 0.15) is 0 Å². The van der Waals surface area contributed by atoms with Gasteiger partial charge in [0.1, 0.15) is 0 Å². The molecule has 6 heteroatoms. The minimum atomic E-state index is -1.00. The van der Waals surface area contributed by atoms with E-state index in [9.17, 15) is 20.4 Å². The van der Waals surface area contributed by atoms with Crippen molar-refractivity contribution in [1.29, 1.82) is 0 Å². The van der Waals surface area contributed by atoms with Crippen molar-refractivity contribution in [3.63, 3.8) is 0 Å². The van der Waals surface area contributed by atoms with Gasteiger partial charge in [0.2, 0.25) is 0 Å². The molecule has 12 heavy (non-hydrogen) atoms. The molecule has 0 aromatic carbocycles. The molecule has 0 saturated heterocycles. The van der Waals surface area contributed by atoms with Crippen molar-refractivity contribution < 1.29 is 20.4 Å². The Morgan fingerprint density at radius 3 is 0.917 bits per heavy atom. The first-order chi connectivity index (χ1) is 5.46. The maximum atomic E-state index is 9.35. The van der Waals surface area contributed by atoms with Crippen molar-refractivity contribution in [2.24, 2.45) is 0 Å². The van der Waals surface area contributed by atoms with Crippen LogP contribution in [0.4, 0.5) is 0 Å². The summed E-state index contributed by atoms with van der Waals surface area (Å²) in [5.74, 6) is 0. The molecular formula is C6H14O4P2. The molecule has 4 N–H and O–H groups in total. The third kappa shape index (κ3) is 1.65. The Kier molecular flexibility index (Phi) is 3.44. The second kappa shape index (κ2) is 3.83. The largest absolute Gasteiger partial charge is 0.390 e. The van der Waals surface area contributed by atoms with Crippen LogP contribution in [0.2, 0.25) is 0 Å². The zero-order chi connectivity index (χ0) is 9.46. The van der Waals surface area contributed by atoms with E-state index in [0.717, 1.165) is 0 Å². The molecule has 0 spiro atoms. The highest BCUT2D eigenvalue weighted by molar-refractivity contribution is 7.18. The molecule has 6 unspecified atom stereocenters. The minimum absolute atomic E-state index is 0.577. The van der Waals surface area contributed by atoms with Gasteiger partial charge in [-0.2, -0.15) is 0 Å². The highest BCUT2D eigenvalue weighted by atomic mass is 31.0. The first-order valence-electron chi connectivity index (χ1n) is 3.70. The van der Waals surface area contributed by atoms with Crippen molar-refractivity contribution in [3.05, 3.63) is 0 Å². The van der Waals surface area contributed by atoms with Crippen LogP contribution in [0, 0.1) is 0 Å². The molecule has 0 bridgehead atoms. The highest BCUT2D eigenvalue weighted by Crippen LogP contribution is 2.30. The summed E-state index contributed by atoms with van der Waals surface area (Å²) in [6.07, 6.45) is -4.02. The van der Waals surface area contributed by atoms with Crippen LogP contribution in [0.5, 0.6) is 0 Å². The summed E-state index contributed by atoms with van der Waals surface area (Å²) in [6, 6.07) is 0. The van der Waals surface area contributed by atoms with E-state index >= 15 is 0 Å². The summed E-state index contributed by atoms with van der Waals surface area (Å²) < 4.78 is 0. The topological polar surface area (TPSA) is 80.9 Å². The molecule has 1 rings (SSSR count). The Morgan fingerprint density at radius 1 is 0.583 bits per heavy atom. The predicted octanol–water partition coefficient (Wildman–Crippen LogP) is -2.07. The summed E-state index contributed by atoms with van der Waals surface area (Å²) >= 11 is 0. The van der Waals surface area contributed by atoms with E-state index in [1.54, 1.807) is 0 Å². The molecule has 1 saturated carbocycles. The fraction of sp³-hybridized carbons (Fsp3) is 1.00. The molecule has 0 amide bonds. The van der Waals surface area contributed by atoms with Gasteiger partial charge in [-0.1, -0.05) is 0 Å². The van der Waals surface area contributed by atoms with Gasteiger partial charge in [0, 0.05) is 11.3 Å². The zero-order valence-electron chi connectivity index (χ0n) is 6.41. The van der Waals surface area contributed by atoms with Gasteiger partial charge < -0.3 is 20.4 Å². The van der Waals surface area contributed by atoms with Gasteiger partial charge in [0.15, 0.2) is 0 Å². The van der Waals surface area contributed by atoms with Crippen LogP contribution >= 0.6 is 18.5 Å². The average Bonchev–Trinajstić information content (AvgIpc) is 2.08. The minimum Gasteiger partial charge on any atom is -0.390 e. The predicted molar refractivity (Wildman–Crippen MR) is 51.0 cm³/mol. The van der Waals surface area contributed by atoms with Gasteiger partial charge in [-0.15, -0.1) is 18.5 Å². The third-order valence-electron chi connectivity index (χ3n) is 2.28. The lowest BCUT2D eigenvalue weighted by Crippen LogP contribution is -2.59. The number of aliphatic hydroxyl groups excluding tert-OH is 4. The lowest BCUT2D eigenvalue weighted by atomic mass is 9.89. The maximum absolute atomic E-state index is 9.35. The van der Waals surface area contributed by atoms with Gasteiger partial charge in [0.05, 0.1) is 24.4 Å². The molecule has 1 aliphatic rings. The van der Waals surface area contributed by atoms with Crippen molar-refractivity contribution in [3.8, 4) is 0 Å². The van der Waals surface area contributed by atoms with E-state index < -0.39 is 35.7 Å². The van der Waals surface area contributed by atoms with Crippen LogP contribution in [0.15, 0.2) is 0 Å². The molecule has 0 heterocycles. The zero-order valence-corrected chi connectivity index (χ0v) is 8.72. The molecule has 4 nitrogen and oxygen atoms in total. The highest BCUT2D eigenvalue weighted by Gasteiger charge is 2.44. The van der Waals surface area contributed by atoms with Crippen molar-refractivity contribution >= 4 is 18.5 Å². The fourth-order valence-corrected chi connectivity index (χ4v) is 2.23. The molecule has 0 aromatic rings. The van der Waals surface area contributed by atoms with E-state index in [1.807, 2.05) is 0 Å². The number of rotatable bonds is 0. The summed E-state index contributed by atoms with van der Waals surface area (Å²) in [7, 11) is 4.44. The van der Waals surface area contributed by atoms with Crippen LogP contribution in [0.25, 0.3) is 0 Å². The van der Waals surface area contributed by atoms with Gasteiger partial charge in [-0.3, -0.25) is 0 Å². The smallest absolute Gasteiger partial charge is 0.0894 e. The molecule has 0 radical (unpaired) electrons. The summed E-state index contributed by atoms with van der Waals surface area (Å²) in [5, 5.41) is 37.4. The summed E-state index contributed by atoms with van der Waals surface area (Å²) in [5.41, 5.74) is -1.15. The van der Waals surface area contributed by atoms with E-state index in [4.69, 9.17) is 0 Å². The number of aliphatic hydroxyl groups is 4.